The van der Waals surface area contributed by atoms with E-state index in [4.69, 9.17) is 0 Å². The number of benzene rings is 1. The lowest BCUT2D eigenvalue weighted by molar-refractivity contribution is -0.136. The van der Waals surface area contributed by atoms with Crippen molar-refractivity contribution in [3.05, 3.63) is 35.6 Å². The Labute approximate surface area is 125 Å². The Morgan fingerprint density at radius 2 is 1.90 bits per heavy atom. The average molecular weight is 290 g/mol. The Balaban J connectivity index is 1.67. The van der Waals surface area contributed by atoms with Gasteiger partial charge in [-0.3, -0.25) is 4.79 Å². The number of piperidine rings is 1. The molecule has 0 radical (unpaired) electrons. The zero-order valence-electron chi connectivity index (χ0n) is 12.5. The lowest BCUT2D eigenvalue weighted by Crippen LogP contribution is -2.42. The van der Waals surface area contributed by atoms with Crippen LogP contribution in [0, 0.1) is 11.7 Å². The average Bonchev–Trinajstić information content (AvgIpc) is 2.90. The smallest absolute Gasteiger partial charge is 0.226 e. The number of amides is 1. The van der Waals surface area contributed by atoms with E-state index in [1.165, 1.54) is 12.1 Å². The summed E-state index contributed by atoms with van der Waals surface area (Å²) in [6.07, 6.45) is 2.87. The zero-order chi connectivity index (χ0) is 14.8. The molecule has 21 heavy (non-hydrogen) atoms. The minimum Gasteiger partial charge on any atom is -0.339 e. The van der Waals surface area contributed by atoms with Crippen molar-refractivity contribution in [1.29, 1.82) is 0 Å². The summed E-state index contributed by atoms with van der Waals surface area (Å²) in [6.45, 7) is 4.79. The van der Waals surface area contributed by atoms with Gasteiger partial charge in [0.2, 0.25) is 5.91 Å². The van der Waals surface area contributed by atoms with Gasteiger partial charge < -0.3 is 10.2 Å². The number of carbonyl (C=O) groups is 1. The van der Waals surface area contributed by atoms with Gasteiger partial charge in [-0.25, -0.2) is 4.39 Å². The van der Waals surface area contributed by atoms with Crippen LogP contribution in [-0.2, 0) is 4.79 Å². The highest BCUT2D eigenvalue weighted by molar-refractivity contribution is 5.79. The maximum atomic E-state index is 13.0. The van der Waals surface area contributed by atoms with Gasteiger partial charge in [-0.2, -0.15) is 0 Å². The number of hydrogen-bond acceptors (Lipinski definition) is 2. The van der Waals surface area contributed by atoms with E-state index in [1.54, 1.807) is 0 Å². The van der Waals surface area contributed by atoms with E-state index in [0.717, 1.165) is 44.5 Å². The van der Waals surface area contributed by atoms with Gasteiger partial charge in [-0.15, -0.1) is 0 Å². The summed E-state index contributed by atoms with van der Waals surface area (Å²) in [5, 5.41) is 3.31. The van der Waals surface area contributed by atoms with Gasteiger partial charge in [0, 0.05) is 24.4 Å². The van der Waals surface area contributed by atoms with Gasteiger partial charge in [0.1, 0.15) is 5.82 Å². The topological polar surface area (TPSA) is 32.3 Å². The number of nitrogens with one attached hydrogen (secondary N) is 1. The van der Waals surface area contributed by atoms with Crippen molar-refractivity contribution in [3.63, 3.8) is 0 Å². The molecule has 0 spiro atoms. The summed E-state index contributed by atoms with van der Waals surface area (Å²) in [4.78, 5) is 14.7. The lowest BCUT2D eigenvalue weighted by atomic mass is 9.96. The van der Waals surface area contributed by atoms with Gasteiger partial charge in [-0.1, -0.05) is 12.1 Å². The number of nitrogens with zero attached hydrogens (tertiary/aromatic N) is 1. The first kappa shape index (κ1) is 14.5. The van der Waals surface area contributed by atoms with E-state index in [2.05, 4.69) is 12.2 Å². The predicted octanol–water partition coefficient (Wildman–Crippen LogP) is 2.53. The molecule has 3 rings (SSSR count). The van der Waals surface area contributed by atoms with Crippen molar-refractivity contribution in [1.82, 2.24) is 10.2 Å². The fourth-order valence-electron chi connectivity index (χ4n) is 3.62. The third-order valence-corrected chi connectivity index (χ3v) is 4.89. The van der Waals surface area contributed by atoms with Crippen molar-refractivity contribution in [2.24, 2.45) is 5.92 Å². The molecule has 2 fully saturated rings. The summed E-state index contributed by atoms with van der Waals surface area (Å²) in [5.41, 5.74) is 1.14. The first-order chi connectivity index (χ1) is 10.1. The van der Waals surface area contributed by atoms with Crippen LogP contribution in [0.15, 0.2) is 24.3 Å². The first-order valence-corrected chi connectivity index (χ1v) is 7.92. The van der Waals surface area contributed by atoms with Crippen LogP contribution in [-0.4, -0.2) is 36.5 Å². The second-order valence-electron chi connectivity index (χ2n) is 6.35. The monoisotopic (exact) mass is 290 g/mol. The maximum Gasteiger partial charge on any atom is 0.226 e. The second kappa shape index (κ2) is 6.14. The van der Waals surface area contributed by atoms with Crippen LogP contribution in [0.25, 0.3) is 0 Å². The SMILES string of the molecule is CC1CC(c2ccc(F)cc2)CN1C(=O)C1CCNCC1. The van der Waals surface area contributed by atoms with Crippen LogP contribution < -0.4 is 5.32 Å². The van der Waals surface area contributed by atoms with Crippen LogP contribution in [0.5, 0.6) is 0 Å². The molecule has 2 unspecified atom stereocenters. The Hall–Kier alpha value is -1.42. The molecule has 1 amide bonds. The van der Waals surface area contributed by atoms with Crippen LogP contribution in [0.1, 0.15) is 37.7 Å². The number of halogens is 1. The van der Waals surface area contributed by atoms with Gasteiger partial charge >= 0.3 is 0 Å². The molecular formula is C17H23FN2O. The molecule has 3 nitrogen and oxygen atoms in total. The van der Waals surface area contributed by atoms with E-state index >= 15 is 0 Å². The molecule has 2 saturated heterocycles. The Bertz CT molecular complexity index is 496. The van der Waals surface area contributed by atoms with Gasteiger partial charge in [0.05, 0.1) is 0 Å². The van der Waals surface area contributed by atoms with Crippen LogP contribution in [0.2, 0.25) is 0 Å². The van der Waals surface area contributed by atoms with Crippen molar-refractivity contribution in [3.8, 4) is 0 Å². The molecule has 0 aromatic heterocycles. The molecule has 1 N–H and O–H groups in total. The van der Waals surface area contributed by atoms with Crippen LogP contribution >= 0.6 is 0 Å². The molecule has 4 heteroatoms. The molecule has 0 saturated carbocycles. The van der Waals surface area contributed by atoms with E-state index < -0.39 is 0 Å². The molecule has 0 aliphatic carbocycles. The summed E-state index contributed by atoms with van der Waals surface area (Å²) in [7, 11) is 0. The minimum absolute atomic E-state index is 0.181. The molecule has 1 aromatic rings. The third-order valence-electron chi connectivity index (χ3n) is 4.89. The Kier molecular flexibility index (Phi) is 4.24. The van der Waals surface area contributed by atoms with Crippen molar-refractivity contribution in [2.45, 2.75) is 38.1 Å². The fourth-order valence-corrected chi connectivity index (χ4v) is 3.62. The summed E-state index contributed by atoms with van der Waals surface area (Å²) < 4.78 is 13.0. The molecule has 2 aliphatic rings. The molecule has 2 aliphatic heterocycles. The molecule has 2 heterocycles. The first-order valence-electron chi connectivity index (χ1n) is 7.92. The van der Waals surface area contributed by atoms with Gasteiger partial charge in [0.25, 0.3) is 0 Å². The van der Waals surface area contributed by atoms with Crippen LogP contribution in [0.3, 0.4) is 0 Å². The standard InChI is InChI=1S/C17H23FN2O/c1-12-10-15(13-2-4-16(18)5-3-13)11-20(12)17(21)14-6-8-19-9-7-14/h2-5,12,14-15,19H,6-11H2,1H3. The van der Waals surface area contributed by atoms with E-state index in [1.807, 2.05) is 17.0 Å². The molecular weight excluding hydrogens is 267 g/mol. The third kappa shape index (κ3) is 3.10. The quantitative estimate of drug-likeness (QED) is 0.908. The number of hydrogen-bond donors (Lipinski definition) is 1. The molecule has 0 bridgehead atoms. The summed E-state index contributed by atoms with van der Waals surface area (Å²) >= 11 is 0. The maximum absolute atomic E-state index is 13.0. The number of likely N-dealkylation sites (tertiary alicyclic amines) is 1. The zero-order valence-corrected chi connectivity index (χ0v) is 12.5. The van der Waals surface area contributed by atoms with E-state index in [0.29, 0.717) is 11.8 Å². The highest BCUT2D eigenvalue weighted by atomic mass is 19.1. The lowest BCUT2D eigenvalue weighted by Gasteiger charge is -2.29. The summed E-state index contributed by atoms with van der Waals surface area (Å²) in [5.74, 6) is 0.632. The predicted molar refractivity (Wildman–Crippen MR) is 80.5 cm³/mol. The van der Waals surface area contributed by atoms with Crippen molar-refractivity contribution in [2.75, 3.05) is 19.6 Å². The van der Waals surface area contributed by atoms with Gasteiger partial charge in [-0.05, 0) is 57.0 Å². The minimum atomic E-state index is -0.201. The number of carbonyl (C=O) groups excluding carboxylic acids is 1. The van der Waals surface area contributed by atoms with Crippen molar-refractivity contribution < 1.29 is 9.18 Å². The van der Waals surface area contributed by atoms with Crippen molar-refractivity contribution >= 4 is 5.91 Å². The van der Waals surface area contributed by atoms with Crippen LogP contribution in [0.4, 0.5) is 4.39 Å². The molecule has 1 aromatic carbocycles. The summed E-state index contributed by atoms with van der Waals surface area (Å²) in [6, 6.07) is 7.01. The highest BCUT2D eigenvalue weighted by Crippen LogP contribution is 2.33. The van der Waals surface area contributed by atoms with Gasteiger partial charge in [0.15, 0.2) is 0 Å². The number of rotatable bonds is 2. The normalized spacial score (nSPS) is 27.0. The Morgan fingerprint density at radius 1 is 1.24 bits per heavy atom. The fraction of sp³-hybridized carbons (Fsp3) is 0.588. The largest absolute Gasteiger partial charge is 0.339 e. The second-order valence-corrected chi connectivity index (χ2v) is 6.35. The van der Waals surface area contributed by atoms with E-state index in [-0.39, 0.29) is 17.8 Å². The molecule has 114 valence electrons. The molecule has 2 atom stereocenters. The van der Waals surface area contributed by atoms with E-state index in [9.17, 15) is 9.18 Å². The highest BCUT2D eigenvalue weighted by Gasteiger charge is 2.36. The Morgan fingerprint density at radius 3 is 2.57 bits per heavy atom.